The van der Waals surface area contributed by atoms with Gasteiger partial charge in [-0.05, 0) is 0 Å². The summed E-state index contributed by atoms with van der Waals surface area (Å²) in [6.45, 7) is -0.349. The molecule has 0 aromatic heterocycles. The van der Waals surface area contributed by atoms with Crippen LogP contribution in [0.4, 0.5) is 0 Å². The molecule has 0 bridgehead atoms. The fourth-order valence-corrected chi connectivity index (χ4v) is 1.52. The van der Waals surface area contributed by atoms with Crippen molar-refractivity contribution in [1.82, 2.24) is 0 Å². The zero-order valence-electron chi connectivity index (χ0n) is 10.2. The maximum Gasteiger partial charge on any atom is 0.208 e. The first-order valence-electron chi connectivity index (χ1n) is 4.90. The van der Waals surface area contributed by atoms with E-state index in [1.54, 1.807) is 0 Å². The molecule has 1 aromatic rings. The Balaban J connectivity index is 3.55. The van der Waals surface area contributed by atoms with Gasteiger partial charge in [-0.25, -0.2) is 0 Å². The lowest BCUT2D eigenvalue weighted by Gasteiger charge is -2.15. The number of phenolic OH excluding ortho intramolecular Hbond substituents is 3. The van der Waals surface area contributed by atoms with E-state index in [0.29, 0.717) is 0 Å². The van der Waals surface area contributed by atoms with Crippen molar-refractivity contribution < 1.29 is 34.3 Å². The predicted octanol–water partition coefficient (Wildman–Crippen LogP) is 0.650. The Labute approximate surface area is 103 Å². The number of ketones is 1. The highest BCUT2D eigenvalue weighted by molar-refractivity contribution is 6.04. The van der Waals surface area contributed by atoms with E-state index in [-0.39, 0.29) is 18.1 Å². The number of carbonyl (C=O) groups is 1. The molecule has 3 N–H and O–H groups in total. The molecule has 0 saturated heterocycles. The SMILES string of the molecule is COCC(=O)c1c(O)c(OC)c(O)c(OC)c1O. The molecule has 0 radical (unpaired) electrons. The molecule has 0 unspecified atom stereocenters. The minimum absolute atomic E-state index is 0.349. The summed E-state index contributed by atoms with van der Waals surface area (Å²) in [6, 6.07) is 0. The molecule has 0 atom stereocenters. The van der Waals surface area contributed by atoms with Gasteiger partial charge >= 0.3 is 0 Å². The topological polar surface area (TPSA) is 105 Å². The first-order valence-corrected chi connectivity index (χ1v) is 4.90. The number of carbonyl (C=O) groups excluding carboxylic acids is 1. The quantitative estimate of drug-likeness (QED) is 0.666. The monoisotopic (exact) mass is 258 g/mol. The van der Waals surface area contributed by atoms with Crippen LogP contribution in [0.5, 0.6) is 28.7 Å². The fourth-order valence-electron chi connectivity index (χ4n) is 1.52. The van der Waals surface area contributed by atoms with Crippen LogP contribution in [-0.4, -0.2) is 49.0 Å². The van der Waals surface area contributed by atoms with Crippen molar-refractivity contribution in [2.45, 2.75) is 0 Å². The first kappa shape index (κ1) is 13.9. The first-order chi connectivity index (χ1) is 8.49. The Bertz CT molecular complexity index is 436. The van der Waals surface area contributed by atoms with Crippen molar-refractivity contribution in [2.24, 2.45) is 0 Å². The van der Waals surface area contributed by atoms with E-state index in [1.807, 2.05) is 0 Å². The van der Waals surface area contributed by atoms with Gasteiger partial charge in [0.1, 0.15) is 12.2 Å². The van der Waals surface area contributed by atoms with Crippen LogP contribution >= 0.6 is 0 Å². The molecule has 0 spiro atoms. The second kappa shape index (κ2) is 5.46. The lowest BCUT2D eigenvalue weighted by atomic mass is 10.1. The van der Waals surface area contributed by atoms with Gasteiger partial charge < -0.3 is 29.5 Å². The third kappa shape index (κ3) is 2.12. The number of aromatic hydroxyl groups is 3. The number of hydrogen-bond donors (Lipinski definition) is 3. The predicted molar refractivity (Wildman–Crippen MR) is 60.7 cm³/mol. The summed E-state index contributed by atoms with van der Waals surface area (Å²) in [6.07, 6.45) is 0. The molecular weight excluding hydrogens is 244 g/mol. The van der Waals surface area contributed by atoms with Crippen LogP contribution in [0.3, 0.4) is 0 Å². The average molecular weight is 258 g/mol. The van der Waals surface area contributed by atoms with Crippen LogP contribution < -0.4 is 9.47 Å². The molecular formula is C11H14O7. The molecule has 100 valence electrons. The van der Waals surface area contributed by atoms with Gasteiger partial charge in [0, 0.05) is 7.11 Å². The molecule has 1 rings (SSSR count). The molecule has 0 aliphatic heterocycles. The van der Waals surface area contributed by atoms with Gasteiger partial charge in [0.2, 0.25) is 17.2 Å². The zero-order chi connectivity index (χ0) is 13.9. The number of Topliss-reactive ketones (excluding diaryl/α,β-unsaturated/α-hetero) is 1. The molecule has 0 amide bonds. The Morgan fingerprint density at radius 2 is 1.39 bits per heavy atom. The minimum atomic E-state index is -0.677. The summed E-state index contributed by atoms with van der Waals surface area (Å²) in [7, 11) is 3.67. The normalized spacial score (nSPS) is 10.2. The van der Waals surface area contributed by atoms with E-state index in [1.165, 1.54) is 21.3 Å². The van der Waals surface area contributed by atoms with Crippen molar-refractivity contribution in [2.75, 3.05) is 27.9 Å². The summed E-state index contributed by atoms with van der Waals surface area (Å²) >= 11 is 0. The molecule has 0 aliphatic carbocycles. The van der Waals surface area contributed by atoms with Crippen LogP contribution in [0.2, 0.25) is 0 Å². The summed E-state index contributed by atoms with van der Waals surface area (Å²) in [5.41, 5.74) is -0.427. The Morgan fingerprint density at radius 1 is 0.944 bits per heavy atom. The molecule has 0 saturated carbocycles. The van der Waals surface area contributed by atoms with Crippen LogP contribution in [0.25, 0.3) is 0 Å². The van der Waals surface area contributed by atoms with Crippen LogP contribution in [0, 0.1) is 0 Å². The average Bonchev–Trinajstić information content (AvgIpc) is 2.30. The Morgan fingerprint density at radius 3 is 1.72 bits per heavy atom. The Hall–Kier alpha value is -2.15. The van der Waals surface area contributed by atoms with Gasteiger partial charge in [0.25, 0.3) is 0 Å². The highest BCUT2D eigenvalue weighted by Crippen LogP contribution is 2.51. The standard InChI is InChI=1S/C11H14O7/c1-16-4-5(12)6-7(13)10(17-2)9(15)11(18-3)8(6)14/h13-15H,4H2,1-3H3. The van der Waals surface area contributed by atoms with Crippen LogP contribution in [0.1, 0.15) is 10.4 Å². The second-order valence-corrected chi connectivity index (χ2v) is 3.34. The summed E-state index contributed by atoms with van der Waals surface area (Å²) in [4.78, 5) is 11.7. The Kier molecular flexibility index (Phi) is 4.22. The molecule has 1 aromatic carbocycles. The van der Waals surface area contributed by atoms with E-state index in [9.17, 15) is 20.1 Å². The lowest BCUT2D eigenvalue weighted by Crippen LogP contribution is -2.09. The van der Waals surface area contributed by atoms with E-state index in [4.69, 9.17) is 9.47 Å². The minimum Gasteiger partial charge on any atom is -0.504 e. The van der Waals surface area contributed by atoms with Gasteiger partial charge in [-0.3, -0.25) is 4.79 Å². The van der Waals surface area contributed by atoms with Crippen molar-refractivity contribution in [3.05, 3.63) is 5.56 Å². The zero-order valence-corrected chi connectivity index (χ0v) is 10.2. The highest BCUT2D eigenvalue weighted by atomic mass is 16.5. The fraction of sp³-hybridized carbons (Fsp3) is 0.364. The number of benzene rings is 1. The van der Waals surface area contributed by atoms with Gasteiger partial charge in [-0.15, -0.1) is 0 Å². The number of rotatable bonds is 5. The third-order valence-corrected chi connectivity index (χ3v) is 2.30. The van der Waals surface area contributed by atoms with E-state index in [2.05, 4.69) is 4.74 Å². The molecule has 0 aliphatic rings. The van der Waals surface area contributed by atoms with E-state index < -0.39 is 28.6 Å². The molecule has 18 heavy (non-hydrogen) atoms. The lowest BCUT2D eigenvalue weighted by molar-refractivity contribution is 0.0841. The van der Waals surface area contributed by atoms with Gasteiger partial charge in [-0.2, -0.15) is 0 Å². The smallest absolute Gasteiger partial charge is 0.208 e. The number of hydrogen-bond acceptors (Lipinski definition) is 7. The number of methoxy groups -OCH3 is 3. The maximum absolute atomic E-state index is 11.7. The van der Waals surface area contributed by atoms with Crippen molar-refractivity contribution >= 4 is 5.78 Å². The number of phenols is 3. The third-order valence-electron chi connectivity index (χ3n) is 2.30. The van der Waals surface area contributed by atoms with Gasteiger partial charge in [0.15, 0.2) is 17.3 Å². The van der Waals surface area contributed by atoms with Crippen LogP contribution in [-0.2, 0) is 4.74 Å². The van der Waals surface area contributed by atoms with Crippen molar-refractivity contribution in [3.8, 4) is 28.7 Å². The summed E-state index contributed by atoms with van der Waals surface area (Å²) < 4.78 is 14.1. The summed E-state index contributed by atoms with van der Waals surface area (Å²) in [5, 5.41) is 29.3. The van der Waals surface area contributed by atoms with E-state index in [0.717, 1.165) is 0 Å². The van der Waals surface area contributed by atoms with Gasteiger partial charge in [-0.1, -0.05) is 0 Å². The van der Waals surface area contributed by atoms with Gasteiger partial charge in [0.05, 0.1) is 14.2 Å². The summed E-state index contributed by atoms with van der Waals surface area (Å²) in [5.74, 6) is -3.33. The number of ether oxygens (including phenoxy) is 3. The molecule has 7 heteroatoms. The van der Waals surface area contributed by atoms with Crippen LogP contribution in [0.15, 0.2) is 0 Å². The van der Waals surface area contributed by atoms with E-state index >= 15 is 0 Å². The second-order valence-electron chi connectivity index (χ2n) is 3.34. The van der Waals surface area contributed by atoms with Crippen molar-refractivity contribution in [1.29, 1.82) is 0 Å². The molecule has 0 heterocycles. The molecule has 0 fully saturated rings. The highest BCUT2D eigenvalue weighted by Gasteiger charge is 2.28. The van der Waals surface area contributed by atoms with Crippen molar-refractivity contribution in [3.63, 3.8) is 0 Å². The molecule has 7 nitrogen and oxygen atoms in total. The largest absolute Gasteiger partial charge is 0.504 e. The maximum atomic E-state index is 11.7.